The van der Waals surface area contributed by atoms with Crippen molar-refractivity contribution >= 4 is 27.8 Å². The molecule has 1 amide bonds. The van der Waals surface area contributed by atoms with Gasteiger partial charge in [0.2, 0.25) is 12.7 Å². The van der Waals surface area contributed by atoms with Crippen molar-refractivity contribution in [3.63, 3.8) is 0 Å². The van der Waals surface area contributed by atoms with E-state index in [0.717, 1.165) is 42.1 Å². The largest absolute Gasteiger partial charge is 0.497 e. The molecule has 2 aromatic carbocycles. The Hall–Kier alpha value is -2.78. The van der Waals surface area contributed by atoms with Gasteiger partial charge in [0.25, 0.3) is 0 Å². The van der Waals surface area contributed by atoms with Crippen LogP contribution in [0.5, 0.6) is 17.2 Å². The van der Waals surface area contributed by atoms with Crippen molar-refractivity contribution in [2.45, 2.75) is 44.6 Å². The monoisotopic (exact) mass is 588 g/mol. The number of unbranched alkanes of at least 4 members (excludes halogenated alkanes) is 2. The van der Waals surface area contributed by atoms with Crippen molar-refractivity contribution < 1.29 is 28.9 Å². The molecule has 0 aliphatic carbocycles. The van der Waals surface area contributed by atoms with Crippen molar-refractivity contribution in [2.75, 3.05) is 45.4 Å². The number of fused-ring (bicyclic) bond motifs is 1. The Morgan fingerprint density at radius 1 is 1.05 bits per heavy atom. The fourth-order valence-corrected chi connectivity index (χ4v) is 5.85. The average Bonchev–Trinajstić information content (AvgIpc) is 3.55. The van der Waals surface area contributed by atoms with Crippen LogP contribution in [0.25, 0.3) is 0 Å². The SMILES string of the molecule is CCCCN(CCCCBr)C(=O)CN1C[C@H](c2ccc3c(c2)OCO3)[C@@H](C(=O)O)[C@H]1c1ccc(OC)cc1. The lowest BCUT2D eigenvalue weighted by atomic mass is 9.82. The van der Waals surface area contributed by atoms with Crippen molar-refractivity contribution in [1.29, 1.82) is 0 Å². The molecule has 9 heteroatoms. The third-order valence-electron chi connectivity index (χ3n) is 7.45. The quantitative estimate of drug-likeness (QED) is 0.258. The van der Waals surface area contributed by atoms with Gasteiger partial charge in [-0.3, -0.25) is 14.5 Å². The molecule has 3 atom stereocenters. The minimum absolute atomic E-state index is 0.0435. The highest BCUT2D eigenvalue weighted by Gasteiger charge is 2.48. The van der Waals surface area contributed by atoms with Crippen molar-refractivity contribution in [3.05, 3.63) is 53.6 Å². The maximum Gasteiger partial charge on any atom is 0.309 e. The van der Waals surface area contributed by atoms with Crippen molar-refractivity contribution in [2.24, 2.45) is 5.92 Å². The van der Waals surface area contributed by atoms with Crippen LogP contribution >= 0.6 is 15.9 Å². The minimum Gasteiger partial charge on any atom is -0.497 e. The molecular formula is C29H37BrN2O6. The first-order valence-electron chi connectivity index (χ1n) is 13.3. The van der Waals surface area contributed by atoms with Gasteiger partial charge in [-0.2, -0.15) is 0 Å². The molecule has 38 heavy (non-hydrogen) atoms. The van der Waals surface area contributed by atoms with Crippen LogP contribution in [0.15, 0.2) is 42.5 Å². The van der Waals surface area contributed by atoms with Gasteiger partial charge in [0.05, 0.1) is 19.6 Å². The number of rotatable bonds is 13. The maximum absolute atomic E-state index is 13.6. The van der Waals surface area contributed by atoms with E-state index < -0.39 is 17.9 Å². The summed E-state index contributed by atoms with van der Waals surface area (Å²) in [6.45, 7) is 4.31. The van der Waals surface area contributed by atoms with Crippen LogP contribution in [0.2, 0.25) is 0 Å². The molecule has 1 saturated heterocycles. The first-order valence-corrected chi connectivity index (χ1v) is 14.4. The lowest BCUT2D eigenvalue weighted by Crippen LogP contribution is -2.42. The lowest BCUT2D eigenvalue weighted by Gasteiger charge is -2.30. The standard InChI is InChI=1S/C29H37BrN2O6/c1-3-4-14-31(15-6-5-13-30)26(33)18-32-17-23(21-9-12-24-25(16-21)38-19-37-24)27(29(34)35)28(32)20-7-10-22(36-2)11-8-20/h7-12,16,23,27-28H,3-6,13-15,17-19H2,1-2H3,(H,34,35)/t23-,27-,28-/m1/s1. The predicted octanol–water partition coefficient (Wildman–Crippen LogP) is 5.07. The van der Waals surface area contributed by atoms with Gasteiger partial charge in [0.15, 0.2) is 11.5 Å². The van der Waals surface area contributed by atoms with Gasteiger partial charge in [-0.15, -0.1) is 0 Å². The Morgan fingerprint density at radius 2 is 1.76 bits per heavy atom. The number of carboxylic acid groups (broad SMARTS) is 1. The summed E-state index contributed by atoms with van der Waals surface area (Å²) in [6.07, 6.45) is 3.88. The van der Waals surface area contributed by atoms with E-state index in [1.807, 2.05) is 52.3 Å². The van der Waals surface area contributed by atoms with Gasteiger partial charge in [-0.25, -0.2) is 0 Å². The number of aliphatic carboxylic acids is 1. The second-order valence-electron chi connectivity index (χ2n) is 9.86. The van der Waals surface area contributed by atoms with Crippen LogP contribution in [-0.2, 0) is 9.59 Å². The summed E-state index contributed by atoms with van der Waals surface area (Å²) in [6, 6.07) is 12.7. The molecule has 0 spiro atoms. The molecule has 0 aromatic heterocycles. The number of likely N-dealkylation sites (tertiary alicyclic amines) is 1. The zero-order chi connectivity index (χ0) is 27.1. The highest BCUT2D eigenvalue weighted by molar-refractivity contribution is 9.09. The number of amides is 1. The number of hydrogen-bond acceptors (Lipinski definition) is 6. The summed E-state index contributed by atoms with van der Waals surface area (Å²) in [4.78, 5) is 30.4. The van der Waals surface area contributed by atoms with Gasteiger partial charge in [0.1, 0.15) is 5.75 Å². The number of carboxylic acids is 1. The Kier molecular flexibility index (Phi) is 9.91. The second-order valence-corrected chi connectivity index (χ2v) is 10.7. The van der Waals surface area contributed by atoms with Crippen molar-refractivity contribution in [1.82, 2.24) is 9.80 Å². The normalized spacial score (nSPS) is 20.4. The fraction of sp³-hybridized carbons (Fsp3) is 0.517. The van der Waals surface area contributed by atoms with Gasteiger partial charge in [-0.05, 0) is 54.7 Å². The Morgan fingerprint density at radius 3 is 2.45 bits per heavy atom. The van der Waals surface area contributed by atoms with Crippen LogP contribution in [0.1, 0.15) is 55.7 Å². The number of ether oxygens (including phenoxy) is 3. The molecule has 0 radical (unpaired) electrons. The van der Waals surface area contributed by atoms with Gasteiger partial charge >= 0.3 is 5.97 Å². The summed E-state index contributed by atoms with van der Waals surface area (Å²) in [5.41, 5.74) is 1.73. The lowest BCUT2D eigenvalue weighted by molar-refractivity contribution is -0.144. The van der Waals surface area contributed by atoms with Crippen LogP contribution in [-0.4, -0.2) is 72.2 Å². The first-order chi connectivity index (χ1) is 18.5. The van der Waals surface area contributed by atoms with E-state index in [9.17, 15) is 14.7 Å². The van der Waals surface area contributed by atoms with E-state index in [1.165, 1.54) is 0 Å². The summed E-state index contributed by atoms with van der Waals surface area (Å²) >= 11 is 3.48. The number of nitrogens with zero attached hydrogens (tertiary/aromatic N) is 2. The molecule has 2 aromatic rings. The average molecular weight is 590 g/mol. The van der Waals surface area contributed by atoms with Crippen LogP contribution in [0.4, 0.5) is 0 Å². The third-order valence-corrected chi connectivity index (χ3v) is 8.01. The molecule has 2 aliphatic rings. The van der Waals surface area contributed by atoms with E-state index in [-0.39, 0.29) is 25.2 Å². The smallest absolute Gasteiger partial charge is 0.309 e. The first kappa shape index (κ1) is 28.2. The fourth-order valence-electron chi connectivity index (χ4n) is 5.45. The summed E-state index contributed by atoms with van der Waals surface area (Å²) < 4.78 is 16.4. The van der Waals surface area contributed by atoms with E-state index in [0.29, 0.717) is 36.9 Å². The number of hydrogen-bond donors (Lipinski definition) is 1. The number of benzene rings is 2. The van der Waals surface area contributed by atoms with E-state index >= 15 is 0 Å². The zero-order valence-corrected chi connectivity index (χ0v) is 23.7. The number of halogens is 1. The summed E-state index contributed by atoms with van der Waals surface area (Å²) in [5.74, 6) is 0.0808. The van der Waals surface area contributed by atoms with Crippen LogP contribution in [0, 0.1) is 5.92 Å². The van der Waals surface area contributed by atoms with Crippen LogP contribution in [0.3, 0.4) is 0 Å². The molecule has 206 valence electrons. The van der Waals surface area contributed by atoms with E-state index in [2.05, 4.69) is 22.9 Å². The number of carbonyl (C=O) groups excluding carboxylic acids is 1. The predicted molar refractivity (Wildman–Crippen MR) is 148 cm³/mol. The third kappa shape index (κ3) is 6.43. The summed E-state index contributed by atoms with van der Waals surface area (Å²) in [7, 11) is 1.60. The molecule has 1 N–H and O–H groups in total. The Bertz CT molecular complexity index is 1090. The van der Waals surface area contributed by atoms with E-state index in [1.54, 1.807) is 7.11 Å². The highest BCUT2D eigenvalue weighted by Crippen LogP contribution is 2.47. The van der Waals surface area contributed by atoms with Gasteiger partial charge in [0, 0.05) is 36.9 Å². The minimum atomic E-state index is -0.886. The van der Waals surface area contributed by atoms with E-state index in [4.69, 9.17) is 14.2 Å². The molecule has 2 aliphatic heterocycles. The molecule has 0 unspecified atom stereocenters. The molecule has 0 saturated carbocycles. The highest BCUT2D eigenvalue weighted by atomic mass is 79.9. The molecule has 2 heterocycles. The second kappa shape index (κ2) is 13.3. The van der Waals surface area contributed by atoms with Gasteiger partial charge < -0.3 is 24.2 Å². The number of alkyl halides is 1. The molecule has 1 fully saturated rings. The topological polar surface area (TPSA) is 88.5 Å². The maximum atomic E-state index is 13.6. The zero-order valence-electron chi connectivity index (χ0n) is 22.1. The number of methoxy groups -OCH3 is 1. The Balaban J connectivity index is 1.65. The number of carbonyl (C=O) groups is 2. The molecule has 4 rings (SSSR count). The summed E-state index contributed by atoms with van der Waals surface area (Å²) in [5, 5.41) is 11.4. The molecular weight excluding hydrogens is 552 g/mol. The van der Waals surface area contributed by atoms with Gasteiger partial charge in [-0.1, -0.05) is 47.5 Å². The van der Waals surface area contributed by atoms with Crippen LogP contribution < -0.4 is 14.2 Å². The Labute approximate surface area is 233 Å². The molecule has 0 bridgehead atoms. The van der Waals surface area contributed by atoms with Crippen molar-refractivity contribution in [3.8, 4) is 17.2 Å². The molecule has 8 nitrogen and oxygen atoms in total.